The standard InChI is InChI=1S/C18H27ClN4O3.HI/c1-4-20-17(21-12-13-5-6-14(19)11-16(13)25-2)22-15-7-9-23(10-8-15)18(24)26-3;/h5-6,11,15H,4,7-10,12H2,1-3H3,(H2,20,21,22);1H. The highest BCUT2D eigenvalue weighted by Crippen LogP contribution is 2.23. The molecule has 1 amide bonds. The highest BCUT2D eigenvalue weighted by atomic mass is 127. The van der Waals surface area contributed by atoms with Crippen LogP contribution in [-0.4, -0.2) is 56.8 Å². The molecule has 1 heterocycles. The molecular formula is C18H28ClIN4O3. The maximum Gasteiger partial charge on any atom is 0.409 e. The van der Waals surface area contributed by atoms with Gasteiger partial charge < -0.3 is 25.0 Å². The van der Waals surface area contributed by atoms with Gasteiger partial charge in [0.25, 0.3) is 0 Å². The molecule has 1 aromatic rings. The Morgan fingerprint density at radius 1 is 1.33 bits per heavy atom. The zero-order valence-corrected chi connectivity index (χ0v) is 19.0. The normalized spacial score (nSPS) is 15.0. The number of rotatable bonds is 5. The van der Waals surface area contributed by atoms with Gasteiger partial charge in [-0.05, 0) is 31.9 Å². The first-order valence-electron chi connectivity index (χ1n) is 8.77. The van der Waals surface area contributed by atoms with Gasteiger partial charge in [0.15, 0.2) is 5.96 Å². The van der Waals surface area contributed by atoms with Crippen molar-refractivity contribution in [1.82, 2.24) is 15.5 Å². The van der Waals surface area contributed by atoms with Crippen molar-refractivity contribution < 1.29 is 14.3 Å². The van der Waals surface area contributed by atoms with Gasteiger partial charge in [-0.25, -0.2) is 9.79 Å². The van der Waals surface area contributed by atoms with Gasteiger partial charge in [0.2, 0.25) is 0 Å². The van der Waals surface area contributed by atoms with E-state index in [0.29, 0.717) is 24.7 Å². The zero-order valence-electron chi connectivity index (χ0n) is 16.0. The van der Waals surface area contributed by atoms with Crippen LogP contribution in [0.15, 0.2) is 23.2 Å². The summed E-state index contributed by atoms with van der Waals surface area (Å²) in [5.74, 6) is 1.48. The molecule has 0 bridgehead atoms. The van der Waals surface area contributed by atoms with Crippen LogP contribution >= 0.6 is 35.6 Å². The average molecular weight is 511 g/mol. The number of carbonyl (C=O) groups is 1. The number of methoxy groups -OCH3 is 2. The molecule has 0 aromatic heterocycles. The predicted octanol–water partition coefficient (Wildman–Crippen LogP) is 3.25. The van der Waals surface area contributed by atoms with E-state index in [9.17, 15) is 4.79 Å². The molecule has 152 valence electrons. The van der Waals surface area contributed by atoms with Gasteiger partial charge in [0.05, 0.1) is 20.8 Å². The van der Waals surface area contributed by atoms with Crippen LogP contribution in [0.5, 0.6) is 5.75 Å². The van der Waals surface area contributed by atoms with Crippen LogP contribution in [-0.2, 0) is 11.3 Å². The highest BCUT2D eigenvalue weighted by molar-refractivity contribution is 14.0. The molecule has 27 heavy (non-hydrogen) atoms. The number of halogens is 2. The van der Waals surface area contributed by atoms with Crippen molar-refractivity contribution in [2.75, 3.05) is 33.9 Å². The Morgan fingerprint density at radius 3 is 2.63 bits per heavy atom. The van der Waals surface area contributed by atoms with Gasteiger partial charge in [-0.15, -0.1) is 24.0 Å². The van der Waals surface area contributed by atoms with Gasteiger partial charge in [-0.2, -0.15) is 0 Å². The Morgan fingerprint density at radius 2 is 2.04 bits per heavy atom. The Labute approximate surface area is 182 Å². The molecule has 0 unspecified atom stereocenters. The van der Waals surface area contributed by atoms with E-state index in [-0.39, 0.29) is 36.1 Å². The number of piperidine rings is 1. The summed E-state index contributed by atoms with van der Waals surface area (Å²) in [6, 6.07) is 5.80. The minimum Gasteiger partial charge on any atom is -0.496 e. The summed E-state index contributed by atoms with van der Waals surface area (Å²) >= 11 is 6.00. The lowest BCUT2D eigenvalue weighted by Crippen LogP contribution is -2.49. The molecule has 2 rings (SSSR count). The molecule has 0 aliphatic carbocycles. The molecule has 0 atom stereocenters. The maximum absolute atomic E-state index is 11.6. The number of amides is 1. The number of hydrogen-bond acceptors (Lipinski definition) is 4. The van der Waals surface area contributed by atoms with Crippen molar-refractivity contribution in [3.05, 3.63) is 28.8 Å². The Bertz CT molecular complexity index is 637. The lowest BCUT2D eigenvalue weighted by molar-refractivity contribution is 0.111. The first kappa shape index (κ1) is 23.6. The van der Waals surface area contributed by atoms with Crippen molar-refractivity contribution in [1.29, 1.82) is 0 Å². The van der Waals surface area contributed by atoms with Crippen LogP contribution in [0, 0.1) is 0 Å². The predicted molar refractivity (Wildman–Crippen MR) is 118 cm³/mol. The second-order valence-electron chi connectivity index (χ2n) is 6.03. The largest absolute Gasteiger partial charge is 0.496 e. The Kier molecular flexibility index (Phi) is 10.6. The number of benzene rings is 1. The molecule has 1 aromatic carbocycles. The second kappa shape index (κ2) is 12.1. The van der Waals surface area contributed by atoms with E-state index in [4.69, 9.17) is 21.1 Å². The van der Waals surface area contributed by atoms with Gasteiger partial charge in [0, 0.05) is 36.3 Å². The highest BCUT2D eigenvalue weighted by Gasteiger charge is 2.23. The van der Waals surface area contributed by atoms with E-state index >= 15 is 0 Å². The molecular weight excluding hydrogens is 483 g/mol. The molecule has 7 nitrogen and oxygen atoms in total. The van der Waals surface area contributed by atoms with Crippen molar-refractivity contribution in [2.45, 2.75) is 32.4 Å². The number of likely N-dealkylation sites (tertiary alicyclic amines) is 1. The molecule has 1 fully saturated rings. The number of ether oxygens (including phenoxy) is 2. The van der Waals surface area contributed by atoms with E-state index in [1.807, 2.05) is 19.1 Å². The number of aliphatic imine (C=N–C) groups is 1. The number of nitrogens with one attached hydrogen (secondary N) is 2. The number of hydrogen-bond donors (Lipinski definition) is 2. The van der Waals surface area contributed by atoms with Crippen LogP contribution in [0.2, 0.25) is 5.02 Å². The number of guanidine groups is 1. The Balaban J connectivity index is 0.00000364. The fraction of sp³-hybridized carbons (Fsp3) is 0.556. The van der Waals surface area contributed by atoms with E-state index < -0.39 is 0 Å². The van der Waals surface area contributed by atoms with Crippen LogP contribution in [0.25, 0.3) is 0 Å². The fourth-order valence-electron chi connectivity index (χ4n) is 2.86. The van der Waals surface area contributed by atoms with Gasteiger partial charge >= 0.3 is 6.09 Å². The first-order chi connectivity index (χ1) is 12.6. The molecule has 0 saturated carbocycles. The van der Waals surface area contributed by atoms with Crippen molar-refractivity contribution in [3.63, 3.8) is 0 Å². The van der Waals surface area contributed by atoms with Gasteiger partial charge in [-0.3, -0.25) is 0 Å². The molecule has 0 radical (unpaired) electrons. The quantitative estimate of drug-likeness (QED) is 0.361. The lowest BCUT2D eigenvalue weighted by Gasteiger charge is -2.32. The van der Waals surface area contributed by atoms with Crippen LogP contribution in [0.1, 0.15) is 25.3 Å². The number of nitrogens with zero attached hydrogens (tertiary/aromatic N) is 2. The summed E-state index contributed by atoms with van der Waals surface area (Å²) in [5, 5.41) is 7.34. The third-order valence-corrected chi connectivity index (χ3v) is 4.50. The lowest BCUT2D eigenvalue weighted by atomic mass is 10.1. The average Bonchev–Trinajstić information content (AvgIpc) is 2.66. The van der Waals surface area contributed by atoms with Crippen LogP contribution < -0.4 is 15.4 Å². The maximum atomic E-state index is 11.6. The van der Waals surface area contributed by atoms with E-state index in [1.165, 1.54) is 7.11 Å². The van der Waals surface area contributed by atoms with Crippen molar-refractivity contribution in [3.8, 4) is 5.75 Å². The summed E-state index contributed by atoms with van der Waals surface area (Å²) in [5.41, 5.74) is 0.967. The topological polar surface area (TPSA) is 75.2 Å². The molecule has 1 aliphatic rings. The van der Waals surface area contributed by atoms with E-state index in [1.54, 1.807) is 18.1 Å². The molecule has 1 aliphatic heterocycles. The summed E-state index contributed by atoms with van der Waals surface area (Å²) in [7, 11) is 3.03. The molecule has 1 saturated heterocycles. The van der Waals surface area contributed by atoms with Gasteiger partial charge in [0.1, 0.15) is 5.75 Å². The van der Waals surface area contributed by atoms with Crippen LogP contribution in [0.4, 0.5) is 4.79 Å². The minimum absolute atomic E-state index is 0. The van der Waals surface area contributed by atoms with Gasteiger partial charge in [-0.1, -0.05) is 17.7 Å². The third-order valence-electron chi connectivity index (χ3n) is 4.27. The summed E-state index contributed by atoms with van der Waals surface area (Å²) < 4.78 is 10.1. The number of carbonyl (C=O) groups excluding carboxylic acids is 1. The van der Waals surface area contributed by atoms with E-state index in [2.05, 4.69) is 15.6 Å². The van der Waals surface area contributed by atoms with E-state index in [0.717, 1.165) is 36.7 Å². The summed E-state index contributed by atoms with van der Waals surface area (Å²) in [4.78, 5) is 17.9. The fourth-order valence-corrected chi connectivity index (χ4v) is 3.02. The smallest absolute Gasteiger partial charge is 0.409 e. The molecule has 0 spiro atoms. The Hall–Kier alpha value is -1.42. The summed E-state index contributed by atoms with van der Waals surface area (Å²) in [6.07, 6.45) is 1.44. The zero-order chi connectivity index (χ0) is 18.9. The molecule has 2 N–H and O–H groups in total. The first-order valence-corrected chi connectivity index (χ1v) is 9.15. The third kappa shape index (κ3) is 7.25. The second-order valence-corrected chi connectivity index (χ2v) is 6.46. The SMILES string of the molecule is CCNC(=NCc1ccc(Cl)cc1OC)NC1CCN(C(=O)OC)CC1.I. The minimum atomic E-state index is -0.265. The summed E-state index contributed by atoms with van der Waals surface area (Å²) in [6.45, 7) is 4.63. The van der Waals surface area contributed by atoms with Crippen LogP contribution in [0.3, 0.4) is 0 Å². The molecule has 9 heteroatoms. The van der Waals surface area contributed by atoms with Crippen molar-refractivity contribution in [2.24, 2.45) is 4.99 Å². The monoisotopic (exact) mass is 510 g/mol. The van der Waals surface area contributed by atoms with Crippen molar-refractivity contribution >= 4 is 47.6 Å².